The first-order valence-electron chi connectivity index (χ1n) is 8.40. The van der Waals surface area contributed by atoms with Crippen molar-refractivity contribution in [3.8, 4) is 5.75 Å². The molecule has 1 aromatic carbocycles. The van der Waals surface area contributed by atoms with Gasteiger partial charge in [0.15, 0.2) is 0 Å². The fourth-order valence-corrected chi connectivity index (χ4v) is 2.95. The van der Waals surface area contributed by atoms with Gasteiger partial charge in [0.25, 0.3) is 0 Å². The molecule has 6 nitrogen and oxygen atoms in total. The number of methoxy groups -OCH3 is 1. The summed E-state index contributed by atoms with van der Waals surface area (Å²) in [6.07, 6.45) is 1.87. The van der Waals surface area contributed by atoms with E-state index >= 15 is 0 Å². The number of likely N-dealkylation sites (tertiary alicyclic amines) is 1. The lowest BCUT2D eigenvalue weighted by molar-refractivity contribution is -0.134. The molecular formula is C18H27N3O3. The van der Waals surface area contributed by atoms with Crippen molar-refractivity contribution in [1.82, 2.24) is 10.2 Å². The number of nitrogens with two attached hydrogens (primary N) is 1. The molecule has 6 heteroatoms. The molecule has 0 spiro atoms. The van der Waals surface area contributed by atoms with Crippen LogP contribution < -0.4 is 15.8 Å². The smallest absolute Gasteiger partial charge is 0.242 e. The Balaban J connectivity index is 1.99. The third kappa shape index (κ3) is 4.26. The minimum absolute atomic E-state index is 0.0142. The number of carbonyl (C=O) groups excluding carboxylic acids is 2. The predicted octanol–water partition coefficient (Wildman–Crippen LogP) is 1.46. The SMILES string of the molecule is COc1cccc(C2CCCN2C(=O)CNC(=O)[C@@H](N)C(C)C)c1. The highest BCUT2D eigenvalue weighted by Crippen LogP contribution is 2.33. The van der Waals surface area contributed by atoms with Crippen LogP contribution in [0, 0.1) is 5.92 Å². The van der Waals surface area contributed by atoms with E-state index in [1.807, 2.05) is 43.0 Å². The molecule has 2 atom stereocenters. The Bertz CT molecular complexity index is 589. The van der Waals surface area contributed by atoms with Crippen LogP contribution in [0.1, 0.15) is 38.3 Å². The number of nitrogens with one attached hydrogen (secondary N) is 1. The molecule has 0 bridgehead atoms. The number of nitrogens with zero attached hydrogens (tertiary/aromatic N) is 1. The van der Waals surface area contributed by atoms with Crippen LogP contribution in [0.3, 0.4) is 0 Å². The van der Waals surface area contributed by atoms with Crippen LogP contribution in [-0.4, -0.2) is 43.0 Å². The van der Waals surface area contributed by atoms with Gasteiger partial charge in [-0.05, 0) is 36.5 Å². The zero-order chi connectivity index (χ0) is 17.7. The average Bonchev–Trinajstić information content (AvgIpc) is 3.08. The van der Waals surface area contributed by atoms with Crippen molar-refractivity contribution in [2.45, 2.75) is 38.8 Å². The Hall–Kier alpha value is -2.08. The van der Waals surface area contributed by atoms with Crippen molar-refractivity contribution in [2.24, 2.45) is 11.7 Å². The summed E-state index contributed by atoms with van der Waals surface area (Å²) in [6.45, 7) is 4.45. The number of amides is 2. The fourth-order valence-electron chi connectivity index (χ4n) is 2.95. The summed E-state index contributed by atoms with van der Waals surface area (Å²) >= 11 is 0. The second-order valence-electron chi connectivity index (χ2n) is 6.51. The summed E-state index contributed by atoms with van der Waals surface area (Å²) in [5, 5.41) is 2.66. The van der Waals surface area contributed by atoms with Crippen molar-refractivity contribution in [2.75, 3.05) is 20.2 Å². The van der Waals surface area contributed by atoms with Gasteiger partial charge in [0.2, 0.25) is 11.8 Å². The normalized spacial score (nSPS) is 18.5. The molecule has 2 rings (SSSR count). The van der Waals surface area contributed by atoms with Gasteiger partial charge in [-0.25, -0.2) is 0 Å². The average molecular weight is 333 g/mol. The summed E-state index contributed by atoms with van der Waals surface area (Å²) in [6, 6.07) is 7.22. The molecule has 1 aliphatic heterocycles. The number of rotatable bonds is 6. The van der Waals surface area contributed by atoms with E-state index in [0.29, 0.717) is 6.54 Å². The Morgan fingerprint density at radius 1 is 1.42 bits per heavy atom. The van der Waals surface area contributed by atoms with Gasteiger partial charge in [0.05, 0.1) is 25.7 Å². The van der Waals surface area contributed by atoms with Crippen LogP contribution in [0.4, 0.5) is 0 Å². The molecule has 1 aliphatic rings. The zero-order valence-electron chi connectivity index (χ0n) is 14.6. The largest absolute Gasteiger partial charge is 0.497 e. The van der Waals surface area contributed by atoms with Gasteiger partial charge in [0.1, 0.15) is 5.75 Å². The maximum Gasteiger partial charge on any atom is 0.242 e. The highest BCUT2D eigenvalue weighted by Gasteiger charge is 2.30. The molecule has 132 valence electrons. The quantitative estimate of drug-likeness (QED) is 0.825. The second kappa shape index (κ2) is 8.15. The lowest BCUT2D eigenvalue weighted by Crippen LogP contribution is -2.47. The molecule has 1 aromatic rings. The van der Waals surface area contributed by atoms with E-state index in [2.05, 4.69) is 5.32 Å². The molecular weight excluding hydrogens is 306 g/mol. The van der Waals surface area contributed by atoms with Gasteiger partial charge >= 0.3 is 0 Å². The van der Waals surface area contributed by atoms with E-state index in [4.69, 9.17) is 10.5 Å². The molecule has 1 fully saturated rings. The van der Waals surface area contributed by atoms with Crippen LogP contribution in [0.25, 0.3) is 0 Å². The number of carbonyl (C=O) groups is 2. The monoisotopic (exact) mass is 333 g/mol. The summed E-state index contributed by atoms with van der Waals surface area (Å²) in [7, 11) is 1.63. The number of hydrogen-bond acceptors (Lipinski definition) is 4. The van der Waals surface area contributed by atoms with Crippen molar-refractivity contribution >= 4 is 11.8 Å². The predicted molar refractivity (Wildman–Crippen MR) is 92.5 cm³/mol. The third-order valence-corrected chi connectivity index (χ3v) is 4.49. The standard InChI is InChI=1S/C18H27N3O3/c1-12(2)17(19)18(23)20-11-16(22)21-9-5-8-15(21)13-6-4-7-14(10-13)24-3/h4,6-7,10,12,15,17H,5,8-9,11,19H2,1-3H3,(H,20,23)/t15?,17-/m0/s1. The first kappa shape index (κ1) is 18.3. The van der Waals surface area contributed by atoms with Crippen LogP contribution in [-0.2, 0) is 9.59 Å². The van der Waals surface area contributed by atoms with Gasteiger partial charge in [-0.15, -0.1) is 0 Å². The van der Waals surface area contributed by atoms with E-state index < -0.39 is 6.04 Å². The molecule has 3 N–H and O–H groups in total. The van der Waals surface area contributed by atoms with Gasteiger partial charge in [-0.2, -0.15) is 0 Å². The molecule has 0 saturated carbocycles. The third-order valence-electron chi connectivity index (χ3n) is 4.49. The van der Waals surface area contributed by atoms with Crippen molar-refractivity contribution < 1.29 is 14.3 Å². The Morgan fingerprint density at radius 3 is 2.83 bits per heavy atom. The molecule has 2 amide bonds. The summed E-state index contributed by atoms with van der Waals surface area (Å²) in [4.78, 5) is 26.3. The van der Waals surface area contributed by atoms with Crippen LogP contribution in [0.5, 0.6) is 5.75 Å². The molecule has 24 heavy (non-hydrogen) atoms. The highest BCUT2D eigenvalue weighted by atomic mass is 16.5. The van der Waals surface area contributed by atoms with Crippen molar-refractivity contribution in [3.63, 3.8) is 0 Å². The number of hydrogen-bond donors (Lipinski definition) is 2. The maximum atomic E-state index is 12.5. The topological polar surface area (TPSA) is 84.7 Å². The molecule has 0 aliphatic carbocycles. The van der Waals surface area contributed by atoms with E-state index in [0.717, 1.165) is 24.2 Å². The lowest BCUT2D eigenvalue weighted by atomic mass is 10.0. The number of ether oxygens (including phenoxy) is 1. The summed E-state index contributed by atoms with van der Waals surface area (Å²) in [5.41, 5.74) is 6.86. The second-order valence-corrected chi connectivity index (χ2v) is 6.51. The molecule has 1 unspecified atom stereocenters. The minimum Gasteiger partial charge on any atom is -0.497 e. The number of benzene rings is 1. The van der Waals surface area contributed by atoms with Gasteiger partial charge in [-0.1, -0.05) is 26.0 Å². The van der Waals surface area contributed by atoms with Crippen LogP contribution >= 0.6 is 0 Å². The van der Waals surface area contributed by atoms with Crippen LogP contribution in [0.2, 0.25) is 0 Å². The Kier molecular flexibility index (Phi) is 6.20. The maximum absolute atomic E-state index is 12.5. The lowest BCUT2D eigenvalue weighted by Gasteiger charge is -2.26. The Morgan fingerprint density at radius 2 is 2.17 bits per heavy atom. The van der Waals surface area contributed by atoms with E-state index in [1.165, 1.54) is 0 Å². The van der Waals surface area contributed by atoms with E-state index in [1.54, 1.807) is 7.11 Å². The molecule has 0 radical (unpaired) electrons. The van der Waals surface area contributed by atoms with Crippen LogP contribution in [0.15, 0.2) is 24.3 Å². The zero-order valence-corrected chi connectivity index (χ0v) is 14.6. The molecule has 0 aromatic heterocycles. The summed E-state index contributed by atoms with van der Waals surface area (Å²) < 4.78 is 5.26. The van der Waals surface area contributed by atoms with E-state index in [-0.39, 0.29) is 30.3 Å². The van der Waals surface area contributed by atoms with E-state index in [9.17, 15) is 9.59 Å². The minimum atomic E-state index is -0.592. The highest BCUT2D eigenvalue weighted by molar-refractivity contribution is 5.87. The van der Waals surface area contributed by atoms with Gasteiger partial charge in [-0.3, -0.25) is 9.59 Å². The van der Waals surface area contributed by atoms with Crippen molar-refractivity contribution in [3.05, 3.63) is 29.8 Å². The molecule has 1 saturated heterocycles. The first-order valence-corrected chi connectivity index (χ1v) is 8.40. The molecule has 1 heterocycles. The van der Waals surface area contributed by atoms with Gasteiger partial charge in [0, 0.05) is 6.54 Å². The Labute approximate surface area is 143 Å². The fraction of sp³-hybridized carbons (Fsp3) is 0.556. The van der Waals surface area contributed by atoms with Crippen molar-refractivity contribution in [1.29, 1.82) is 0 Å². The van der Waals surface area contributed by atoms with Gasteiger partial charge < -0.3 is 20.7 Å². The first-order chi connectivity index (χ1) is 11.4. The summed E-state index contributed by atoms with van der Waals surface area (Å²) in [5.74, 6) is 0.458.